The second kappa shape index (κ2) is 2.71. The predicted octanol–water partition coefficient (Wildman–Crippen LogP) is 0.547. The van der Waals surface area contributed by atoms with Crippen LogP contribution in [0.5, 0.6) is 0 Å². The number of carbonyl (C=O) groups excluding carboxylic acids is 1. The molecule has 0 spiro atoms. The van der Waals surface area contributed by atoms with Gasteiger partial charge in [-0.2, -0.15) is 0 Å². The molecule has 1 N–H and O–H groups in total. The highest BCUT2D eigenvalue weighted by atomic mass is 16.5. The molecule has 3 rings (SSSR count). The standard InChI is InChI=1S/C10H15NO2/c12-10(6-2-1-3-6)11-9-7-4-13-5-8(7)9/h6-9H,1-5H2,(H,11,12)/t7-,8-/m0/s1. The van der Waals surface area contributed by atoms with Crippen molar-refractivity contribution in [2.45, 2.75) is 25.3 Å². The Balaban J connectivity index is 1.50. The van der Waals surface area contributed by atoms with Gasteiger partial charge in [0.25, 0.3) is 0 Å². The van der Waals surface area contributed by atoms with E-state index in [2.05, 4.69) is 5.32 Å². The number of carbonyl (C=O) groups is 1. The van der Waals surface area contributed by atoms with Gasteiger partial charge in [0.15, 0.2) is 0 Å². The number of fused-ring (bicyclic) bond motifs is 1. The van der Waals surface area contributed by atoms with E-state index in [1.165, 1.54) is 6.42 Å². The maximum atomic E-state index is 11.6. The summed E-state index contributed by atoms with van der Waals surface area (Å²) in [6.07, 6.45) is 3.44. The third-order valence-corrected chi connectivity index (χ3v) is 3.74. The van der Waals surface area contributed by atoms with Gasteiger partial charge in [0.2, 0.25) is 5.91 Å². The largest absolute Gasteiger partial charge is 0.381 e. The monoisotopic (exact) mass is 181 g/mol. The van der Waals surface area contributed by atoms with Crippen LogP contribution in [0.25, 0.3) is 0 Å². The maximum absolute atomic E-state index is 11.6. The predicted molar refractivity (Wildman–Crippen MR) is 47.1 cm³/mol. The zero-order chi connectivity index (χ0) is 8.84. The maximum Gasteiger partial charge on any atom is 0.223 e. The molecule has 0 unspecified atom stereocenters. The second-order valence-electron chi connectivity index (χ2n) is 4.53. The van der Waals surface area contributed by atoms with Crippen LogP contribution in [0.2, 0.25) is 0 Å². The highest BCUT2D eigenvalue weighted by Gasteiger charge is 2.55. The number of ether oxygens (including phenoxy) is 1. The van der Waals surface area contributed by atoms with E-state index in [9.17, 15) is 4.79 Å². The molecule has 3 fully saturated rings. The molecular formula is C10H15NO2. The van der Waals surface area contributed by atoms with Crippen molar-refractivity contribution in [1.82, 2.24) is 5.32 Å². The highest BCUT2D eigenvalue weighted by molar-refractivity contribution is 5.80. The van der Waals surface area contributed by atoms with Gasteiger partial charge in [-0.05, 0) is 12.8 Å². The first-order valence-electron chi connectivity index (χ1n) is 5.24. The Kier molecular flexibility index (Phi) is 1.62. The van der Waals surface area contributed by atoms with E-state index in [-0.39, 0.29) is 0 Å². The van der Waals surface area contributed by atoms with Crippen LogP contribution >= 0.6 is 0 Å². The molecule has 2 saturated carbocycles. The van der Waals surface area contributed by atoms with Crippen LogP contribution in [-0.2, 0) is 9.53 Å². The summed E-state index contributed by atoms with van der Waals surface area (Å²) in [7, 11) is 0. The normalized spacial score (nSPS) is 42.3. The molecule has 0 aromatic rings. The molecule has 3 nitrogen and oxygen atoms in total. The van der Waals surface area contributed by atoms with Crippen molar-refractivity contribution < 1.29 is 9.53 Å². The van der Waals surface area contributed by atoms with E-state index < -0.39 is 0 Å². The zero-order valence-electron chi connectivity index (χ0n) is 7.66. The van der Waals surface area contributed by atoms with E-state index in [0.29, 0.717) is 29.7 Å². The third kappa shape index (κ3) is 1.17. The van der Waals surface area contributed by atoms with Crippen molar-refractivity contribution in [3.8, 4) is 0 Å². The van der Waals surface area contributed by atoms with E-state index in [0.717, 1.165) is 26.1 Å². The Morgan fingerprint density at radius 2 is 1.92 bits per heavy atom. The molecule has 1 amide bonds. The molecule has 0 aromatic carbocycles. The average Bonchev–Trinajstić information content (AvgIpc) is 2.50. The van der Waals surface area contributed by atoms with Crippen LogP contribution in [0.1, 0.15) is 19.3 Å². The van der Waals surface area contributed by atoms with Crippen molar-refractivity contribution >= 4 is 5.91 Å². The molecule has 3 aliphatic rings. The van der Waals surface area contributed by atoms with E-state index in [4.69, 9.17) is 4.74 Å². The summed E-state index contributed by atoms with van der Waals surface area (Å²) in [6.45, 7) is 1.72. The minimum Gasteiger partial charge on any atom is -0.381 e. The number of rotatable bonds is 2. The fraction of sp³-hybridized carbons (Fsp3) is 0.900. The van der Waals surface area contributed by atoms with Crippen molar-refractivity contribution in [3.05, 3.63) is 0 Å². The molecule has 0 aromatic heterocycles. The third-order valence-electron chi connectivity index (χ3n) is 3.74. The number of amides is 1. The summed E-state index contributed by atoms with van der Waals surface area (Å²) in [4.78, 5) is 11.6. The number of hydrogen-bond donors (Lipinski definition) is 1. The van der Waals surface area contributed by atoms with Crippen molar-refractivity contribution in [2.24, 2.45) is 17.8 Å². The fourth-order valence-electron chi connectivity index (χ4n) is 2.41. The molecule has 1 saturated heterocycles. The van der Waals surface area contributed by atoms with Gasteiger partial charge in [0, 0.05) is 23.8 Å². The molecule has 2 aliphatic carbocycles. The molecule has 0 radical (unpaired) electrons. The van der Waals surface area contributed by atoms with E-state index in [1.54, 1.807) is 0 Å². The topological polar surface area (TPSA) is 38.3 Å². The minimum atomic E-state index is 0.297. The van der Waals surface area contributed by atoms with Crippen LogP contribution in [0.4, 0.5) is 0 Å². The van der Waals surface area contributed by atoms with Gasteiger partial charge in [-0.3, -0.25) is 4.79 Å². The summed E-state index contributed by atoms with van der Waals surface area (Å²) in [6, 6.07) is 0.460. The molecule has 13 heavy (non-hydrogen) atoms. The molecule has 0 bridgehead atoms. The summed E-state index contributed by atoms with van der Waals surface area (Å²) in [5.74, 6) is 1.92. The zero-order valence-corrected chi connectivity index (χ0v) is 7.66. The number of hydrogen-bond acceptors (Lipinski definition) is 2. The first kappa shape index (κ1) is 7.80. The summed E-state index contributed by atoms with van der Waals surface area (Å²) in [5, 5.41) is 3.14. The lowest BCUT2D eigenvalue weighted by Gasteiger charge is -2.24. The minimum absolute atomic E-state index is 0.297. The molecule has 1 heterocycles. The summed E-state index contributed by atoms with van der Waals surface area (Å²) in [5.41, 5.74) is 0. The Hall–Kier alpha value is -0.570. The molecular weight excluding hydrogens is 166 g/mol. The Morgan fingerprint density at radius 3 is 2.46 bits per heavy atom. The smallest absolute Gasteiger partial charge is 0.223 e. The molecule has 2 atom stereocenters. The number of nitrogens with one attached hydrogen (secondary N) is 1. The van der Waals surface area contributed by atoms with Gasteiger partial charge in [-0.15, -0.1) is 0 Å². The van der Waals surface area contributed by atoms with Crippen LogP contribution in [0, 0.1) is 17.8 Å². The first-order chi connectivity index (χ1) is 6.36. The van der Waals surface area contributed by atoms with Crippen molar-refractivity contribution in [3.63, 3.8) is 0 Å². The summed E-state index contributed by atoms with van der Waals surface area (Å²) < 4.78 is 5.27. The summed E-state index contributed by atoms with van der Waals surface area (Å²) >= 11 is 0. The van der Waals surface area contributed by atoms with E-state index >= 15 is 0 Å². The quantitative estimate of drug-likeness (QED) is 0.675. The van der Waals surface area contributed by atoms with Gasteiger partial charge in [-0.1, -0.05) is 6.42 Å². The van der Waals surface area contributed by atoms with Gasteiger partial charge in [0.1, 0.15) is 0 Å². The average molecular weight is 181 g/mol. The van der Waals surface area contributed by atoms with Gasteiger partial charge < -0.3 is 10.1 Å². The van der Waals surface area contributed by atoms with Crippen molar-refractivity contribution in [1.29, 1.82) is 0 Å². The van der Waals surface area contributed by atoms with Gasteiger partial charge >= 0.3 is 0 Å². The lowest BCUT2D eigenvalue weighted by molar-refractivity contribution is -0.127. The van der Waals surface area contributed by atoms with E-state index in [1.807, 2.05) is 0 Å². The van der Waals surface area contributed by atoms with Crippen LogP contribution in [0.15, 0.2) is 0 Å². The Morgan fingerprint density at radius 1 is 1.23 bits per heavy atom. The lowest BCUT2D eigenvalue weighted by Crippen LogP contribution is -2.37. The highest BCUT2D eigenvalue weighted by Crippen LogP contribution is 2.44. The Bertz CT molecular complexity index is 227. The van der Waals surface area contributed by atoms with Crippen LogP contribution < -0.4 is 5.32 Å². The molecule has 1 aliphatic heterocycles. The van der Waals surface area contributed by atoms with Crippen LogP contribution in [-0.4, -0.2) is 25.2 Å². The van der Waals surface area contributed by atoms with Gasteiger partial charge in [0.05, 0.1) is 13.2 Å². The molecule has 72 valence electrons. The Labute approximate surface area is 77.8 Å². The SMILES string of the molecule is O=C(NC1[C@H]2COC[C@H]12)C1CCC1. The van der Waals surface area contributed by atoms with Crippen LogP contribution in [0.3, 0.4) is 0 Å². The second-order valence-corrected chi connectivity index (χ2v) is 4.53. The first-order valence-corrected chi connectivity index (χ1v) is 5.24. The van der Waals surface area contributed by atoms with Gasteiger partial charge in [-0.25, -0.2) is 0 Å². The molecule has 3 heteroatoms. The van der Waals surface area contributed by atoms with Crippen molar-refractivity contribution in [2.75, 3.05) is 13.2 Å². The lowest BCUT2D eigenvalue weighted by atomic mass is 9.85. The fourth-order valence-corrected chi connectivity index (χ4v) is 2.41.